The van der Waals surface area contributed by atoms with Crippen LogP contribution in [0.25, 0.3) is 0 Å². The summed E-state index contributed by atoms with van der Waals surface area (Å²) in [5, 5.41) is 7.74. The first-order valence-corrected chi connectivity index (χ1v) is 16.9. The fraction of sp³-hybridized carbons (Fsp3) is 0.250. The molecule has 0 radical (unpaired) electrons. The fourth-order valence-electron chi connectivity index (χ4n) is 2.73. The first kappa shape index (κ1) is 32.6. The van der Waals surface area contributed by atoms with Gasteiger partial charge in [0.1, 0.15) is 0 Å². The summed E-state index contributed by atoms with van der Waals surface area (Å²) in [6, 6.07) is 5.65. The van der Waals surface area contributed by atoms with Crippen molar-refractivity contribution >= 4 is 75.6 Å². The molecular formula is C16H20N10O12S4. The zero-order valence-corrected chi connectivity index (χ0v) is 23.8. The van der Waals surface area contributed by atoms with E-state index in [0.29, 0.717) is 0 Å². The molecule has 8 N–H and O–H groups in total. The number of hydrogen-bond donors (Lipinski definition) is 8. The van der Waals surface area contributed by atoms with Crippen molar-refractivity contribution < 1.29 is 51.9 Å². The molecule has 3 rings (SSSR count). The highest BCUT2D eigenvalue weighted by molar-refractivity contribution is 7.86. The van der Waals surface area contributed by atoms with Gasteiger partial charge >= 0.3 is 20.2 Å². The van der Waals surface area contributed by atoms with E-state index in [1.165, 1.54) is 24.3 Å². The summed E-state index contributed by atoms with van der Waals surface area (Å²) >= 11 is 0. The highest BCUT2D eigenvalue weighted by Gasteiger charge is 2.20. The molecule has 0 aliphatic carbocycles. The van der Waals surface area contributed by atoms with E-state index in [0.717, 1.165) is 0 Å². The van der Waals surface area contributed by atoms with Crippen LogP contribution in [-0.4, -0.2) is 106 Å². The van der Waals surface area contributed by atoms with Crippen molar-refractivity contribution in [2.24, 2.45) is 0 Å². The lowest BCUT2D eigenvalue weighted by molar-refractivity contribution is 0.472. The van der Waals surface area contributed by atoms with Crippen molar-refractivity contribution in [2.75, 3.05) is 45.9 Å². The number of nitrogens with one attached hydrogen (secondary N) is 4. The Bertz CT molecular complexity index is 1770. The van der Waals surface area contributed by atoms with E-state index in [2.05, 4.69) is 51.2 Å². The molecule has 0 saturated heterocycles. The summed E-state index contributed by atoms with van der Waals surface area (Å²) in [6.45, 7) is -0.868. The summed E-state index contributed by atoms with van der Waals surface area (Å²) in [5.41, 5.74) is 0.318. The third kappa shape index (κ3) is 10.8. The van der Waals surface area contributed by atoms with E-state index in [1.54, 1.807) is 0 Å². The second kappa shape index (κ2) is 12.5. The van der Waals surface area contributed by atoms with Gasteiger partial charge in [-0.05, 0) is 18.2 Å². The molecule has 230 valence electrons. The minimum absolute atomic E-state index is 0.159. The molecule has 26 heteroatoms. The quantitative estimate of drug-likeness (QED) is 0.0916. The van der Waals surface area contributed by atoms with Gasteiger partial charge in [0.25, 0.3) is 30.5 Å². The second-order valence-corrected chi connectivity index (χ2v) is 13.5. The lowest BCUT2D eigenvalue weighted by atomic mass is 10.3. The third-order valence-electron chi connectivity index (χ3n) is 4.35. The molecule has 0 aliphatic rings. The molecule has 1 aromatic carbocycles. The van der Waals surface area contributed by atoms with E-state index in [-0.39, 0.29) is 11.4 Å². The molecule has 22 nitrogen and oxygen atoms in total. The van der Waals surface area contributed by atoms with Gasteiger partial charge in [0, 0.05) is 24.5 Å². The van der Waals surface area contributed by atoms with Crippen molar-refractivity contribution in [1.29, 1.82) is 0 Å². The first-order valence-electron chi connectivity index (χ1n) is 10.8. The Morgan fingerprint density at radius 2 is 0.905 bits per heavy atom. The van der Waals surface area contributed by atoms with Crippen molar-refractivity contribution in [3.8, 4) is 0 Å². The molecular weight excluding hydrogens is 653 g/mol. The second-order valence-electron chi connectivity index (χ2n) is 7.74. The van der Waals surface area contributed by atoms with Gasteiger partial charge in [-0.25, -0.2) is 0 Å². The van der Waals surface area contributed by atoms with Crippen molar-refractivity contribution in [3.63, 3.8) is 0 Å². The number of hydrogen-bond acceptors (Lipinski definition) is 18. The van der Waals surface area contributed by atoms with E-state index < -0.39 is 99.2 Å². The molecule has 2 heterocycles. The molecule has 0 fully saturated rings. The molecule has 3 aromatic rings. The van der Waals surface area contributed by atoms with Gasteiger partial charge in [-0.2, -0.15) is 63.6 Å². The number of nitrogens with zero attached hydrogens (tertiary/aromatic N) is 6. The number of aromatic nitrogens is 6. The molecule has 0 bridgehead atoms. The summed E-state index contributed by atoms with van der Waals surface area (Å²) in [4.78, 5) is 21.8. The van der Waals surface area contributed by atoms with Gasteiger partial charge in [0.2, 0.25) is 23.8 Å². The van der Waals surface area contributed by atoms with Crippen molar-refractivity contribution in [3.05, 3.63) is 24.3 Å². The van der Waals surface area contributed by atoms with Crippen LogP contribution in [0.15, 0.2) is 34.6 Å². The van der Waals surface area contributed by atoms with Crippen LogP contribution >= 0.6 is 0 Å². The van der Waals surface area contributed by atoms with Gasteiger partial charge in [-0.3, -0.25) is 18.2 Å². The highest BCUT2D eigenvalue weighted by Crippen LogP contribution is 2.22. The van der Waals surface area contributed by atoms with Crippen molar-refractivity contribution in [2.45, 2.75) is 10.3 Å². The van der Waals surface area contributed by atoms with E-state index in [4.69, 9.17) is 9.11 Å². The number of anilines is 6. The molecule has 0 unspecified atom stereocenters. The maximum absolute atomic E-state index is 11.6. The van der Waals surface area contributed by atoms with Gasteiger partial charge in [-0.1, -0.05) is 6.07 Å². The Morgan fingerprint density at radius 1 is 0.548 bits per heavy atom. The van der Waals surface area contributed by atoms with Crippen LogP contribution < -0.4 is 21.3 Å². The molecule has 2 aromatic heterocycles. The minimum atomic E-state index is -4.95. The lowest BCUT2D eigenvalue weighted by Crippen LogP contribution is -2.18. The van der Waals surface area contributed by atoms with Gasteiger partial charge in [0.05, 0.1) is 11.5 Å². The molecule has 0 aliphatic heterocycles. The highest BCUT2D eigenvalue weighted by atomic mass is 32.2. The van der Waals surface area contributed by atoms with E-state index >= 15 is 0 Å². The third-order valence-corrected chi connectivity index (χ3v) is 7.08. The SMILES string of the molecule is O=S(=O)(O)CCNc1nc(Nc2cccc(Nc3nc(NCCS(=O)(=O)O)nc(S(=O)(=O)O)n3)c2)nc(S(=O)(=O)O)n1. The molecule has 0 saturated carbocycles. The normalized spacial score (nSPS) is 12.5. The van der Waals surface area contributed by atoms with Crippen molar-refractivity contribution in [1.82, 2.24) is 29.9 Å². The average Bonchev–Trinajstić information content (AvgIpc) is 2.81. The Labute approximate surface area is 237 Å². The van der Waals surface area contributed by atoms with Gasteiger partial charge < -0.3 is 21.3 Å². The maximum atomic E-state index is 11.6. The Kier molecular flexibility index (Phi) is 9.72. The minimum Gasteiger partial charge on any atom is -0.353 e. The zero-order valence-electron chi connectivity index (χ0n) is 20.5. The van der Waals surface area contributed by atoms with Crippen LogP contribution in [0.5, 0.6) is 0 Å². The summed E-state index contributed by atoms with van der Waals surface area (Å²) in [7, 11) is -18.6. The lowest BCUT2D eigenvalue weighted by Gasteiger charge is -2.11. The zero-order chi connectivity index (χ0) is 31.3. The van der Waals surface area contributed by atoms with Crippen LogP contribution in [0.1, 0.15) is 0 Å². The van der Waals surface area contributed by atoms with Crippen LogP contribution in [0, 0.1) is 0 Å². The predicted octanol–water partition coefficient (Wildman–Crippen LogP) is -1.36. The van der Waals surface area contributed by atoms with Crippen LogP contribution in [0.2, 0.25) is 0 Å². The summed E-state index contributed by atoms with van der Waals surface area (Å²) in [6.07, 6.45) is 0. The predicted molar refractivity (Wildman–Crippen MR) is 142 cm³/mol. The molecule has 0 amide bonds. The molecule has 42 heavy (non-hydrogen) atoms. The Hall–Kier alpha value is -3.92. The molecule has 0 atom stereocenters. The standard InChI is InChI=1S/C16H20N10O12S4/c27-39(28,29)6-4-17-11-21-13(25-15(23-11)41(33,34)35)19-9-2-1-3-10(8-9)20-14-22-12(18-5-7-40(30,31)32)24-16(26-14)42(36,37)38/h1-3,8H,4-7H2,(H,27,28,29)(H,30,31,32)(H,33,34,35)(H,36,37,38)(H2,17,19,21,23,25)(H2,18,20,22,24,26). The van der Waals surface area contributed by atoms with Crippen LogP contribution in [0.3, 0.4) is 0 Å². The first-order chi connectivity index (χ1) is 19.3. The fourth-order valence-corrected chi connectivity index (χ4v) is 4.26. The van der Waals surface area contributed by atoms with Gasteiger partial charge in [0.15, 0.2) is 0 Å². The Balaban J connectivity index is 1.87. The summed E-state index contributed by atoms with van der Waals surface area (Å²) < 4.78 is 126. The monoisotopic (exact) mass is 672 g/mol. The average molecular weight is 673 g/mol. The maximum Gasteiger partial charge on any atom is 0.330 e. The van der Waals surface area contributed by atoms with E-state index in [9.17, 15) is 42.8 Å². The number of rotatable bonds is 14. The molecule has 0 spiro atoms. The van der Waals surface area contributed by atoms with Gasteiger partial charge in [-0.15, -0.1) is 0 Å². The van der Waals surface area contributed by atoms with Crippen LogP contribution in [-0.2, 0) is 40.5 Å². The summed E-state index contributed by atoms with van der Waals surface area (Å²) in [5.74, 6) is -3.38. The Morgan fingerprint density at radius 3 is 1.24 bits per heavy atom. The largest absolute Gasteiger partial charge is 0.353 e. The number of benzene rings is 1. The van der Waals surface area contributed by atoms with Crippen LogP contribution in [0.4, 0.5) is 35.2 Å². The van der Waals surface area contributed by atoms with E-state index in [1.807, 2.05) is 0 Å². The topological polar surface area (TPSA) is 343 Å². The smallest absolute Gasteiger partial charge is 0.330 e.